The molecule has 0 aliphatic rings. The second-order valence-corrected chi connectivity index (χ2v) is 3.76. The molecular formula is C10H14F3N3. The Kier molecular flexibility index (Phi) is 3.62. The zero-order valence-corrected chi connectivity index (χ0v) is 9.12. The van der Waals surface area contributed by atoms with Gasteiger partial charge in [0.05, 0.1) is 0 Å². The summed E-state index contributed by atoms with van der Waals surface area (Å²) in [7, 11) is 0. The molecular weight excluding hydrogens is 219 g/mol. The number of nitrogens with two attached hydrogens (primary N) is 1. The zero-order chi connectivity index (χ0) is 12.3. The lowest BCUT2D eigenvalue weighted by Gasteiger charge is -2.28. The van der Waals surface area contributed by atoms with Gasteiger partial charge in [-0.05, 0) is 26.0 Å². The monoisotopic (exact) mass is 233 g/mol. The van der Waals surface area contributed by atoms with Gasteiger partial charge in [-0.3, -0.25) is 0 Å². The van der Waals surface area contributed by atoms with Crippen molar-refractivity contribution < 1.29 is 13.2 Å². The molecule has 1 heterocycles. The van der Waals surface area contributed by atoms with E-state index in [0.717, 1.165) is 4.90 Å². The molecule has 1 aromatic heterocycles. The van der Waals surface area contributed by atoms with Gasteiger partial charge in [0.15, 0.2) is 0 Å². The number of hydrogen-bond donors (Lipinski definition) is 1. The molecule has 0 saturated heterocycles. The van der Waals surface area contributed by atoms with Crippen LogP contribution in [0.1, 0.15) is 13.8 Å². The van der Waals surface area contributed by atoms with Crippen molar-refractivity contribution in [2.24, 2.45) is 0 Å². The van der Waals surface area contributed by atoms with Gasteiger partial charge in [0.1, 0.15) is 18.2 Å². The maximum atomic E-state index is 12.4. The van der Waals surface area contributed by atoms with E-state index in [1.165, 1.54) is 12.1 Å². The fourth-order valence-corrected chi connectivity index (χ4v) is 1.32. The van der Waals surface area contributed by atoms with E-state index in [9.17, 15) is 13.2 Å². The molecule has 0 aromatic carbocycles. The van der Waals surface area contributed by atoms with Gasteiger partial charge < -0.3 is 10.6 Å². The number of alkyl halides is 3. The molecule has 0 unspecified atom stereocenters. The first-order chi connectivity index (χ1) is 7.29. The van der Waals surface area contributed by atoms with Crippen molar-refractivity contribution in [3.8, 4) is 0 Å². The van der Waals surface area contributed by atoms with Crippen LogP contribution in [0.3, 0.4) is 0 Å². The van der Waals surface area contributed by atoms with Gasteiger partial charge in [0, 0.05) is 6.04 Å². The van der Waals surface area contributed by atoms with E-state index in [1.54, 1.807) is 19.9 Å². The number of nitrogens with zero attached hydrogens (tertiary/aromatic N) is 2. The van der Waals surface area contributed by atoms with Gasteiger partial charge >= 0.3 is 6.18 Å². The summed E-state index contributed by atoms with van der Waals surface area (Å²) in [5, 5.41) is 0. The van der Waals surface area contributed by atoms with Gasteiger partial charge in [-0.15, -0.1) is 0 Å². The molecule has 0 saturated carbocycles. The van der Waals surface area contributed by atoms with E-state index in [0.29, 0.717) is 0 Å². The highest BCUT2D eigenvalue weighted by atomic mass is 19.4. The summed E-state index contributed by atoms with van der Waals surface area (Å²) >= 11 is 0. The van der Waals surface area contributed by atoms with Crippen LogP contribution in [0.2, 0.25) is 0 Å². The number of hydrogen-bond acceptors (Lipinski definition) is 3. The van der Waals surface area contributed by atoms with E-state index >= 15 is 0 Å². The predicted octanol–water partition coefficient (Wildman–Crippen LogP) is 2.44. The summed E-state index contributed by atoms with van der Waals surface area (Å²) in [4.78, 5) is 5.05. The van der Waals surface area contributed by atoms with Crippen LogP contribution in [0, 0.1) is 0 Å². The van der Waals surface area contributed by atoms with Crippen LogP contribution < -0.4 is 10.6 Å². The van der Waals surface area contributed by atoms with Crippen molar-refractivity contribution >= 4 is 11.6 Å². The third-order valence-corrected chi connectivity index (χ3v) is 2.02. The summed E-state index contributed by atoms with van der Waals surface area (Å²) in [6, 6.07) is 4.34. The molecule has 1 rings (SSSR count). The Balaban J connectivity index is 2.94. The topological polar surface area (TPSA) is 42.1 Å². The zero-order valence-electron chi connectivity index (χ0n) is 9.12. The lowest BCUT2D eigenvalue weighted by atomic mass is 10.3. The average molecular weight is 233 g/mol. The third kappa shape index (κ3) is 3.60. The molecule has 0 aliphatic heterocycles. The van der Waals surface area contributed by atoms with E-state index in [-0.39, 0.29) is 17.7 Å². The van der Waals surface area contributed by atoms with Crippen LogP contribution in [0.4, 0.5) is 24.8 Å². The Morgan fingerprint density at radius 3 is 2.44 bits per heavy atom. The predicted molar refractivity (Wildman–Crippen MR) is 57.2 cm³/mol. The minimum Gasteiger partial charge on any atom is -0.384 e. The average Bonchev–Trinajstić information content (AvgIpc) is 2.12. The third-order valence-electron chi connectivity index (χ3n) is 2.02. The maximum absolute atomic E-state index is 12.4. The highest BCUT2D eigenvalue weighted by Gasteiger charge is 2.32. The number of nitrogen functional groups attached to an aromatic ring is 1. The summed E-state index contributed by atoms with van der Waals surface area (Å²) in [6.45, 7) is 2.33. The van der Waals surface area contributed by atoms with Gasteiger partial charge in [0.2, 0.25) is 0 Å². The maximum Gasteiger partial charge on any atom is 0.405 e. The molecule has 1 aromatic rings. The van der Waals surface area contributed by atoms with Gasteiger partial charge in [-0.25, -0.2) is 4.98 Å². The van der Waals surface area contributed by atoms with Crippen molar-refractivity contribution in [3.05, 3.63) is 18.2 Å². The number of halogens is 3. The van der Waals surface area contributed by atoms with Crippen molar-refractivity contribution in [2.45, 2.75) is 26.1 Å². The molecule has 0 radical (unpaired) electrons. The Bertz CT molecular complexity index is 349. The molecule has 3 nitrogen and oxygen atoms in total. The number of anilines is 2. The van der Waals surface area contributed by atoms with Gasteiger partial charge in [0.25, 0.3) is 0 Å². The fraction of sp³-hybridized carbons (Fsp3) is 0.500. The van der Waals surface area contributed by atoms with E-state index in [1.807, 2.05) is 0 Å². The second-order valence-electron chi connectivity index (χ2n) is 3.76. The number of rotatable bonds is 3. The first kappa shape index (κ1) is 12.6. The second kappa shape index (κ2) is 4.59. The quantitative estimate of drug-likeness (QED) is 0.871. The summed E-state index contributed by atoms with van der Waals surface area (Å²) in [5.41, 5.74) is 5.44. The molecule has 6 heteroatoms. The molecule has 0 amide bonds. The van der Waals surface area contributed by atoms with Crippen LogP contribution >= 0.6 is 0 Å². The molecule has 0 atom stereocenters. The molecule has 0 bridgehead atoms. The highest BCUT2D eigenvalue weighted by Crippen LogP contribution is 2.23. The minimum absolute atomic E-state index is 0.213. The first-order valence-electron chi connectivity index (χ1n) is 4.85. The van der Waals surface area contributed by atoms with Crippen molar-refractivity contribution in [3.63, 3.8) is 0 Å². The van der Waals surface area contributed by atoms with Crippen molar-refractivity contribution in [1.82, 2.24) is 4.98 Å². The summed E-state index contributed by atoms with van der Waals surface area (Å²) < 4.78 is 37.1. The molecule has 0 spiro atoms. The molecule has 90 valence electrons. The first-order valence-corrected chi connectivity index (χ1v) is 4.85. The smallest absolute Gasteiger partial charge is 0.384 e. The van der Waals surface area contributed by atoms with Crippen LogP contribution in [-0.4, -0.2) is 23.7 Å². The van der Waals surface area contributed by atoms with Crippen LogP contribution in [-0.2, 0) is 0 Å². The number of aromatic nitrogens is 1. The highest BCUT2D eigenvalue weighted by molar-refractivity contribution is 5.45. The standard InChI is InChI=1S/C10H14F3N3/c1-7(2)16(6-10(11,12)13)9-5-3-4-8(14)15-9/h3-5,7H,6H2,1-2H3,(H2,14,15). The molecule has 0 aliphatic carbocycles. The Morgan fingerprint density at radius 2 is 2.00 bits per heavy atom. The normalized spacial score (nSPS) is 11.9. The van der Waals surface area contributed by atoms with Gasteiger partial charge in [-0.2, -0.15) is 13.2 Å². The number of pyridine rings is 1. The summed E-state index contributed by atoms with van der Waals surface area (Å²) in [6.07, 6.45) is -4.25. The van der Waals surface area contributed by atoms with E-state index < -0.39 is 12.7 Å². The lowest BCUT2D eigenvalue weighted by Crippen LogP contribution is -2.39. The van der Waals surface area contributed by atoms with Crippen LogP contribution in [0.25, 0.3) is 0 Å². The Labute approximate surface area is 92.1 Å². The molecule has 0 fully saturated rings. The summed E-state index contributed by atoms with van der Waals surface area (Å²) in [5.74, 6) is 0.456. The van der Waals surface area contributed by atoms with Crippen LogP contribution in [0.5, 0.6) is 0 Å². The van der Waals surface area contributed by atoms with Crippen LogP contribution in [0.15, 0.2) is 18.2 Å². The SMILES string of the molecule is CC(C)N(CC(F)(F)F)c1cccc(N)n1. The lowest BCUT2D eigenvalue weighted by molar-refractivity contribution is -0.120. The van der Waals surface area contributed by atoms with E-state index in [4.69, 9.17) is 5.73 Å². The van der Waals surface area contributed by atoms with Crippen molar-refractivity contribution in [2.75, 3.05) is 17.2 Å². The fourth-order valence-electron chi connectivity index (χ4n) is 1.32. The van der Waals surface area contributed by atoms with Crippen molar-refractivity contribution in [1.29, 1.82) is 0 Å². The Morgan fingerprint density at radius 1 is 1.38 bits per heavy atom. The minimum atomic E-state index is -4.25. The van der Waals surface area contributed by atoms with E-state index in [2.05, 4.69) is 4.98 Å². The Hall–Kier alpha value is -1.46. The molecule has 16 heavy (non-hydrogen) atoms. The largest absolute Gasteiger partial charge is 0.405 e. The van der Waals surface area contributed by atoms with Gasteiger partial charge in [-0.1, -0.05) is 6.07 Å². The molecule has 2 N–H and O–H groups in total.